The third kappa shape index (κ3) is 2.30. The lowest BCUT2D eigenvalue weighted by molar-refractivity contribution is 0.266. The number of benzene rings is 1. The Labute approximate surface area is 94.3 Å². The lowest BCUT2D eigenvalue weighted by Crippen LogP contribution is -2.21. The van der Waals surface area contributed by atoms with E-state index < -0.39 is 0 Å². The molecule has 0 bridgehead atoms. The van der Waals surface area contributed by atoms with Crippen molar-refractivity contribution < 1.29 is 9.13 Å². The molecular formula is C11H13ClFNO. The molecule has 0 saturated heterocycles. The minimum absolute atomic E-state index is 0. The number of nitrogens with two attached hydrogens (primary N) is 1. The van der Waals surface area contributed by atoms with Crippen molar-refractivity contribution in [2.45, 2.75) is 12.5 Å². The minimum atomic E-state index is -0.220. The highest BCUT2D eigenvalue weighted by atomic mass is 35.5. The second-order valence-electron chi connectivity index (χ2n) is 3.31. The molecule has 0 radical (unpaired) electrons. The summed E-state index contributed by atoms with van der Waals surface area (Å²) in [5, 5.41) is 0. The van der Waals surface area contributed by atoms with Gasteiger partial charge in [-0.25, -0.2) is 4.39 Å². The van der Waals surface area contributed by atoms with E-state index >= 15 is 0 Å². The van der Waals surface area contributed by atoms with E-state index in [0.29, 0.717) is 18.3 Å². The molecule has 0 saturated carbocycles. The Morgan fingerprint density at radius 1 is 1.53 bits per heavy atom. The summed E-state index contributed by atoms with van der Waals surface area (Å²) < 4.78 is 18.0. The summed E-state index contributed by atoms with van der Waals surface area (Å²) in [5.41, 5.74) is 7.04. The van der Waals surface area contributed by atoms with Crippen molar-refractivity contribution in [3.8, 4) is 5.75 Å². The van der Waals surface area contributed by atoms with E-state index in [0.717, 1.165) is 11.3 Å². The van der Waals surface area contributed by atoms with Crippen molar-refractivity contribution in [3.63, 3.8) is 0 Å². The fourth-order valence-corrected chi connectivity index (χ4v) is 1.64. The Bertz CT molecular complexity index is 342. The molecule has 82 valence electrons. The highest BCUT2D eigenvalue weighted by molar-refractivity contribution is 5.85. The molecule has 0 amide bonds. The topological polar surface area (TPSA) is 35.2 Å². The van der Waals surface area contributed by atoms with Crippen molar-refractivity contribution in [2.24, 2.45) is 5.73 Å². The predicted octanol–water partition coefficient (Wildman–Crippen LogP) is 2.22. The first kappa shape index (κ1) is 12.0. The minimum Gasteiger partial charge on any atom is -0.485 e. The highest BCUT2D eigenvalue weighted by Crippen LogP contribution is 2.30. The zero-order valence-electron chi connectivity index (χ0n) is 8.15. The van der Waals surface area contributed by atoms with Crippen molar-refractivity contribution in [1.29, 1.82) is 0 Å². The summed E-state index contributed by atoms with van der Waals surface area (Å²) in [6, 6.07) is 7.73. The van der Waals surface area contributed by atoms with Crippen LogP contribution in [0.4, 0.5) is 4.39 Å². The Hall–Kier alpha value is -1.06. The van der Waals surface area contributed by atoms with Crippen molar-refractivity contribution >= 4 is 12.4 Å². The van der Waals surface area contributed by atoms with Crippen molar-refractivity contribution in [3.05, 3.63) is 41.7 Å². The molecule has 0 spiro atoms. The predicted molar refractivity (Wildman–Crippen MR) is 60.1 cm³/mol. The molecule has 2 nitrogen and oxygen atoms in total. The maximum Gasteiger partial charge on any atom is 0.128 e. The Kier molecular flexibility index (Phi) is 4.12. The Morgan fingerprint density at radius 3 is 2.87 bits per heavy atom. The van der Waals surface area contributed by atoms with Gasteiger partial charge in [0.2, 0.25) is 0 Å². The first-order valence-corrected chi connectivity index (χ1v) is 4.59. The molecule has 0 aromatic heterocycles. The average Bonchev–Trinajstić information content (AvgIpc) is 2.63. The number of ether oxygens (including phenoxy) is 1. The molecule has 1 atom stereocenters. The van der Waals surface area contributed by atoms with E-state index in [1.807, 2.05) is 24.3 Å². The van der Waals surface area contributed by atoms with Gasteiger partial charge in [-0.15, -0.1) is 12.4 Å². The van der Waals surface area contributed by atoms with Gasteiger partial charge in [-0.1, -0.05) is 18.2 Å². The second-order valence-corrected chi connectivity index (χ2v) is 3.31. The van der Waals surface area contributed by atoms with Gasteiger partial charge in [0.1, 0.15) is 11.9 Å². The van der Waals surface area contributed by atoms with Crippen LogP contribution in [0.5, 0.6) is 5.75 Å². The maximum absolute atomic E-state index is 12.4. The average molecular weight is 230 g/mol. The van der Waals surface area contributed by atoms with Crippen LogP contribution >= 0.6 is 12.4 Å². The molecule has 15 heavy (non-hydrogen) atoms. The number of para-hydroxylation sites is 1. The molecule has 1 aliphatic rings. The van der Waals surface area contributed by atoms with E-state index in [9.17, 15) is 4.39 Å². The van der Waals surface area contributed by atoms with E-state index in [-0.39, 0.29) is 25.1 Å². The number of fused-ring (bicyclic) bond motifs is 1. The largest absolute Gasteiger partial charge is 0.485 e. The number of rotatable bonds is 2. The summed E-state index contributed by atoms with van der Waals surface area (Å²) in [7, 11) is 0. The standard InChI is InChI=1S/C11H12FNO.ClH/c12-6-9(7-13)11-5-8-3-1-2-4-10(8)14-11;/h1-4,6,11H,5,7,13H2;1H/b9-6-;/t11-;/m0./s1. The number of halogens is 2. The second kappa shape index (κ2) is 5.14. The highest BCUT2D eigenvalue weighted by Gasteiger charge is 2.24. The fraction of sp³-hybridized carbons (Fsp3) is 0.273. The molecular weight excluding hydrogens is 217 g/mol. The molecule has 1 aromatic carbocycles. The summed E-state index contributed by atoms with van der Waals surface area (Å²) in [6.07, 6.45) is 1.04. The van der Waals surface area contributed by atoms with Crippen LogP contribution in [0, 0.1) is 0 Å². The molecule has 1 aromatic rings. The number of hydrogen-bond donors (Lipinski definition) is 1. The lowest BCUT2D eigenvalue weighted by atomic mass is 10.1. The summed E-state index contributed by atoms with van der Waals surface area (Å²) in [5.74, 6) is 0.838. The smallest absolute Gasteiger partial charge is 0.128 e. The van der Waals surface area contributed by atoms with Crippen LogP contribution in [0.15, 0.2) is 36.2 Å². The summed E-state index contributed by atoms with van der Waals surface area (Å²) in [6.45, 7) is 0.204. The summed E-state index contributed by atoms with van der Waals surface area (Å²) in [4.78, 5) is 0. The van der Waals surface area contributed by atoms with E-state index in [4.69, 9.17) is 10.5 Å². The SMILES string of the molecule is Cl.NC/C(=C/F)[C@@H]1Cc2ccccc2O1. The Balaban J connectivity index is 0.00000112. The molecule has 0 fully saturated rings. The van der Waals surface area contributed by atoms with Crippen LogP contribution in [-0.4, -0.2) is 12.6 Å². The monoisotopic (exact) mass is 229 g/mol. The van der Waals surface area contributed by atoms with E-state index in [1.54, 1.807) is 0 Å². The van der Waals surface area contributed by atoms with Crippen LogP contribution in [-0.2, 0) is 6.42 Å². The quantitative estimate of drug-likeness (QED) is 0.844. The molecule has 1 aliphatic heterocycles. The van der Waals surface area contributed by atoms with Crippen molar-refractivity contribution in [2.75, 3.05) is 6.54 Å². The van der Waals surface area contributed by atoms with Gasteiger partial charge in [0.25, 0.3) is 0 Å². The van der Waals surface area contributed by atoms with Crippen LogP contribution in [0.1, 0.15) is 5.56 Å². The molecule has 2 N–H and O–H groups in total. The van der Waals surface area contributed by atoms with Crippen molar-refractivity contribution in [1.82, 2.24) is 0 Å². The van der Waals surface area contributed by atoms with Gasteiger partial charge >= 0.3 is 0 Å². The maximum atomic E-state index is 12.4. The van der Waals surface area contributed by atoms with Crippen LogP contribution in [0.25, 0.3) is 0 Å². The summed E-state index contributed by atoms with van der Waals surface area (Å²) >= 11 is 0. The first-order chi connectivity index (χ1) is 6.85. The third-order valence-electron chi connectivity index (χ3n) is 2.44. The van der Waals surface area contributed by atoms with E-state index in [2.05, 4.69) is 0 Å². The fourth-order valence-electron chi connectivity index (χ4n) is 1.64. The zero-order chi connectivity index (χ0) is 9.97. The first-order valence-electron chi connectivity index (χ1n) is 4.59. The molecule has 2 rings (SSSR count). The molecule has 4 heteroatoms. The van der Waals surface area contributed by atoms with Gasteiger partial charge in [-0.2, -0.15) is 0 Å². The van der Waals surface area contributed by atoms with Gasteiger partial charge in [0.15, 0.2) is 0 Å². The van der Waals surface area contributed by atoms with Crippen LogP contribution < -0.4 is 10.5 Å². The normalized spacial score (nSPS) is 19.1. The third-order valence-corrected chi connectivity index (χ3v) is 2.44. The number of hydrogen-bond acceptors (Lipinski definition) is 2. The molecule has 0 unspecified atom stereocenters. The molecule has 0 aliphatic carbocycles. The van der Waals surface area contributed by atoms with Crippen LogP contribution in [0.2, 0.25) is 0 Å². The van der Waals surface area contributed by atoms with E-state index in [1.165, 1.54) is 0 Å². The lowest BCUT2D eigenvalue weighted by Gasteiger charge is -2.11. The van der Waals surface area contributed by atoms with Gasteiger partial charge in [0, 0.05) is 18.5 Å². The zero-order valence-corrected chi connectivity index (χ0v) is 8.97. The van der Waals surface area contributed by atoms with Gasteiger partial charge in [-0.3, -0.25) is 0 Å². The van der Waals surface area contributed by atoms with Crippen LogP contribution in [0.3, 0.4) is 0 Å². The van der Waals surface area contributed by atoms with Gasteiger partial charge in [0.05, 0.1) is 6.33 Å². The molecule has 1 heterocycles. The Morgan fingerprint density at radius 2 is 2.27 bits per heavy atom. The van der Waals surface area contributed by atoms with Gasteiger partial charge < -0.3 is 10.5 Å². The van der Waals surface area contributed by atoms with Gasteiger partial charge in [-0.05, 0) is 11.6 Å².